The molecular formula is C18H36N2O. The summed E-state index contributed by atoms with van der Waals surface area (Å²) >= 11 is 0. The molecule has 2 saturated heterocycles. The summed E-state index contributed by atoms with van der Waals surface area (Å²) in [6.07, 6.45) is 7.86. The maximum Gasteiger partial charge on any atom is 0.0710 e. The van der Waals surface area contributed by atoms with Crippen LogP contribution in [0.15, 0.2) is 0 Å². The van der Waals surface area contributed by atoms with Crippen LogP contribution in [-0.4, -0.2) is 47.8 Å². The third-order valence-electron chi connectivity index (χ3n) is 5.70. The molecule has 124 valence electrons. The molecule has 2 aliphatic rings. The molecule has 0 amide bonds. The van der Waals surface area contributed by atoms with Crippen LogP contribution in [0.3, 0.4) is 0 Å². The third kappa shape index (κ3) is 4.20. The first kappa shape index (κ1) is 17.2. The average molecular weight is 296 g/mol. The molecule has 1 N–H and O–H groups in total. The van der Waals surface area contributed by atoms with Crippen LogP contribution < -0.4 is 5.32 Å². The monoisotopic (exact) mass is 296 g/mol. The number of nitrogens with zero attached hydrogens (tertiary/aromatic N) is 1. The summed E-state index contributed by atoms with van der Waals surface area (Å²) < 4.78 is 6.25. The number of nitrogens with one attached hydrogen (secondary N) is 1. The summed E-state index contributed by atoms with van der Waals surface area (Å²) in [5.74, 6) is 0. The van der Waals surface area contributed by atoms with E-state index >= 15 is 0 Å². The van der Waals surface area contributed by atoms with E-state index in [1.165, 1.54) is 45.1 Å². The molecule has 0 radical (unpaired) electrons. The minimum atomic E-state index is 0.0888. The van der Waals surface area contributed by atoms with Gasteiger partial charge >= 0.3 is 0 Å². The zero-order valence-corrected chi connectivity index (χ0v) is 14.9. The molecule has 2 aliphatic heterocycles. The highest BCUT2D eigenvalue weighted by molar-refractivity contribution is 4.97. The summed E-state index contributed by atoms with van der Waals surface area (Å²) in [4.78, 5) is 2.74. The number of piperazine rings is 1. The zero-order valence-electron chi connectivity index (χ0n) is 14.9. The molecule has 0 aliphatic carbocycles. The van der Waals surface area contributed by atoms with Crippen LogP contribution in [0.5, 0.6) is 0 Å². The van der Waals surface area contributed by atoms with E-state index in [0.717, 1.165) is 13.1 Å². The molecule has 2 heterocycles. The van der Waals surface area contributed by atoms with Crippen molar-refractivity contribution in [1.82, 2.24) is 10.2 Å². The van der Waals surface area contributed by atoms with Crippen LogP contribution in [0.25, 0.3) is 0 Å². The average Bonchev–Trinajstić information content (AvgIpc) is 2.80. The van der Waals surface area contributed by atoms with E-state index < -0.39 is 0 Å². The molecule has 0 bridgehead atoms. The Morgan fingerprint density at radius 1 is 1.19 bits per heavy atom. The minimum Gasteiger partial charge on any atom is -0.371 e. The van der Waals surface area contributed by atoms with Crippen molar-refractivity contribution in [2.75, 3.05) is 19.6 Å². The fourth-order valence-corrected chi connectivity index (χ4v) is 4.06. The maximum absolute atomic E-state index is 6.25. The molecule has 2 atom stereocenters. The predicted octanol–water partition coefficient (Wildman–Crippen LogP) is 3.58. The fraction of sp³-hybridized carbons (Fsp3) is 1.00. The van der Waals surface area contributed by atoms with Gasteiger partial charge in [-0.25, -0.2) is 0 Å². The summed E-state index contributed by atoms with van der Waals surface area (Å²) in [7, 11) is 0. The second-order valence-corrected chi connectivity index (χ2v) is 7.78. The van der Waals surface area contributed by atoms with Gasteiger partial charge in [0.15, 0.2) is 0 Å². The van der Waals surface area contributed by atoms with Crippen molar-refractivity contribution in [2.45, 2.75) is 96.4 Å². The van der Waals surface area contributed by atoms with Crippen LogP contribution in [0, 0.1) is 0 Å². The first-order valence-electron chi connectivity index (χ1n) is 9.10. The molecule has 0 saturated carbocycles. The number of rotatable bonds is 6. The largest absolute Gasteiger partial charge is 0.371 e. The number of hydrogen-bond acceptors (Lipinski definition) is 3. The Morgan fingerprint density at radius 2 is 1.90 bits per heavy atom. The first-order chi connectivity index (χ1) is 9.93. The molecule has 0 aromatic carbocycles. The maximum atomic E-state index is 6.25. The van der Waals surface area contributed by atoms with Crippen molar-refractivity contribution in [3.8, 4) is 0 Å². The summed E-state index contributed by atoms with van der Waals surface area (Å²) in [6.45, 7) is 14.9. The second kappa shape index (κ2) is 6.97. The Kier molecular flexibility index (Phi) is 5.72. The fourth-order valence-electron chi connectivity index (χ4n) is 4.06. The standard InChI is InChI=1S/C18H36N2O/c1-6-9-15-12-19-18(7-2,8-3)14-20(15)13-16-10-11-17(4,5)21-16/h15-16,19H,6-14H2,1-5H3. The Morgan fingerprint density at radius 3 is 2.43 bits per heavy atom. The normalized spacial score (nSPS) is 32.4. The van der Waals surface area contributed by atoms with Crippen molar-refractivity contribution >= 4 is 0 Å². The highest BCUT2D eigenvalue weighted by atomic mass is 16.5. The highest BCUT2D eigenvalue weighted by Crippen LogP contribution is 2.32. The van der Waals surface area contributed by atoms with E-state index in [0.29, 0.717) is 17.7 Å². The molecule has 0 aromatic heterocycles. The van der Waals surface area contributed by atoms with Crippen molar-refractivity contribution in [3.63, 3.8) is 0 Å². The quantitative estimate of drug-likeness (QED) is 0.811. The smallest absolute Gasteiger partial charge is 0.0710 e. The van der Waals surface area contributed by atoms with E-state index in [2.05, 4.69) is 44.8 Å². The van der Waals surface area contributed by atoms with Gasteiger partial charge in [-0.15, -0.1) is 0 Å². The molecule has 2 fully saturated rings. The summed E-state index contributed by atoms with van der Waals surface area (Å²) in [6, 6.07) is 0.688. The van der Waals surface area contributed by atoms with Gasteiger partial charge < -0.3 is 10.1 Å². The molecule has 3 heteroatoms. The Labute approximate surface area is 131 Å². The van der Waals surface area contributed by atoms with Crippen molar-refractivity contribution in [1.29, 1.82) is 0 Å². The summed E-state index contributed by atoms with van der Waals surface area (Å²) in [5.41, 5.74) is 0.407. The lowest BCUT2D eigenvalue weighted by Gasteiger charge is -2.48. The predicted molar refractivity (Wildman–Crippen MR) is 89.8 cm³/mol. The Bertz CT molecular complexity index is 325. The third-order valence-corrected chi connectivity index (χ3v) is 5.70. The minimum absolute atomic E-state index is 0.0888. The van der Waals surface area contributed by atoms with Gasteiger partial charge in [-0.3, -0.25) is 4.90 Å². The van der Waals surface area contributed by atoms with Gasteiger partial charge in [0.2, 0.25) is 0 Å². The topological polar surface area (TPSA) is 24.5 Å². The van der Waals surface area contributed by atoms with Crippen LogP contribution in [0.2, 0.25) is 0 Å². The van der Waals surface area contributed by atoms with Gasteiger partial charge in [-0.05, 0) is 46.0 Å². The SMILES string of the molecule is CCCC1CNC(CC)(CC)CN1CC1CCC(C)(C)O1. The lowest BCUT2D eigenvalue weighted by Crippen LogP contribution is -2.64. The number of hydrogen-bond donors (Lipinski definition) is 1. The van der Waals surface area contributed by atoms with E-state index in [9.17, 15) is 0 Å². The van der Waals surface area contributed by atoms with Gasteiger partial charge in [0.05, 0.1) is 11.7 Å². The first-order valence-corrected chi connectivity index (χ1v) is 9.10. The van der Waals surface area contributed by atoms with Gasteiger partial charge in [-0.2, -0.15) is 0 Å². The van der Waals surface area contributed by atoms with Crippen LogP contribution in [-0.2, 0) is 4.74 Å². The molecule has 0 spiro atoms. The number of ether oxygens (including phenoxy) is 1. The summed E-state index contributed by atoms with van der Waals surface area (Å²) in [5, 5.41) is 3.86. The van der Waals surface area contributed by atoms with Crippen LogP contribution >= 0.6 is 0 Å². The molecule has 0 aromatic rings. The lowest BCUT2D eigenvalue weighted by atomic mass is 9.87. The van der Waals surface area contributed by atoms with E-state index in [1.54, 1.807) is 0 Å². The Hall–Kier alpha value is -0.120. The van der Waals surface area contributed by atoms with Gasteiger partial charge in [-0.1, -0.05) is 27.2 Å². The van der Waals surface area contributed by atoms with E-state index in [4.69, 9.17) is 4.74 Å². The highest BCUT2D eigenvalue weighted by Gasteiger charge is 2.39. The zero-order chi connectivity index (χ0) is 15.5. The van der Waals surface area contributed by atoms with Crippen molar-refractivity contribution in [2.24, 2.45) is 0 Å². The van der Waals surface area contributed by atoms with E-state index in [-0.39, 0.29) is 5.60 Å². The molecule has 3 nitrogen and oxygen atoms in total. The van der Waals surface area contributed by atoms with Gasteiger partial charge in [0.25, 0.3) is 0 Å². The molecule has 2 unspecified atom stereocenters. The Balaban J connectivity index is 2.00. The van der Waals surface area contributed by atoms with Crippen LogP contribution in [0.4, 0.5) is 0 Å². The van der Waals surface area contributed by atoms with Crippen molar-refractivity contribution < 1.29 is 4.74 Å². The van der Waals surface area contributed by atoms with Gasteiger partial charge in [0, 0.05) is 31.2 Å². The second-order valence-electron chi connectivity index (χ2n) is 7.78. The molecule has 2 rings (SSSR count). The van der Waals surface area contributed by atoms with Crippen LogP contribution in [0.1, 0.15) is 73.1 Å². The van der Waals surface area contributed by atoms with E-state index in [1.807, 2.05) is 0 Å². The molecular weight excluding hydrogens is 260 g/mol. The van der Waals surface area contributed by atoms with Crippen molar-refractivity contribution in [3.05, 3.63) is 0 Å². The molecule has 21 heavy (non-hydrogen) atoms. The lowest BCUT2D eigenvalue weighted by molar-refractivity contribution is -0.0452. The van der Waals surface area contributed by atoms with Gasteiger partial charge in [0.1, 0.15) is 0 Å².